The van der Waals surface area contributed by atoms with Crippen molar-refractivity contribution in [3.05, 3.63) is 35.4 Å². The van der Waals surface area contributed by atoms with Crippen molar-refractivity contribution < 1.29 is 4.79 Å². The first-order chi connectivity index (χ1) is 6.25. The molecular weight excluding hydrogens is 186 g/mol. The number of rotatable bonds is 1. The summed E-state index contributed by atoms with van der Waals surface area (Å²) in [5, 5.41) is 0. The quantitative estimate of drug-likeness (QED) is 0.532. The van der Waals surface area contributed by atoms with E-state index < -0.39 is 5.91 Å². The van der Waals surface area contributed by atoms with Crippen molar-refractivity contribution in [2.45, 2.75) is 0 Å². The molecule has 0 atom stereocenters. The topological polar surface area (TPSA) is 43.1 Å². The maximum atomic E-state index is 10.9. The van der Waals surface area contributed by atoms with Gasteiger partial charge in [-0.3, -0.25) is 4.79 Å². The smallest absolute Gasteiger partial charge is 0.249 e. The minimum Gasteiger partial charge on any atom is -0.366 e. The van der Waals surface area contributed by atoms with Gasteiger partial charge in [-0.2, -0.15) is 0 Å². The number of nitrogens with two attached hydrogens (primary N) is 1. The third-order valence-electron chi connectivity index (χ3n) is 1.48. The zero-order valence-electron chi connectivity index (χ0n) is 6.88. The second kappa shape index (κ2) is 4.54. The average molecular weight is 194 g/mol. The van der Waals surface area contributed by atoms with E-state index in [2.05, 4.69) is 11.8 Å². The molecule has 0 fully saturated rings. The molecule has 0 unspecified atom stereocenters. The van der Waals surface area contributed by atoms with Crippen LogP contribution in [0.1, 0.15) is 15.9 Å². The van der Waals surface area contributed by atoms with E-state index in [1.165, 1.54) is 0 Å². The van der Waals surface area contributed by atoms with E-state index in [9.17, 15) is 4.79 Å². The summed E-state index contributed by atoms with van der Waals surface area (Å²) >= 11 is 5.39. The summed E-state index contributed by atoms with van der Waals surface area (Å²) in [5.74, 6) is 5.20. The molecule has 1 aromatic rings. The minimum atomic E-state index is -0.473. The standard InChI is InChI=1S/C10H8ClNO/c11-7-3-5-8-4-1-2-6-9(8)10(12)13/h1-2,4,6H,7H2,(H2,12,13). The fraction of sp³-hybridized carbons (Fsp3) is 0.100. The zero-order valence-corrected chi connectivity index (χ0v) is 7.64. The highest BCUT2D eigenvalue weighted by Crippen LogP contribution is 2.05. The van der Waals surface area contributed by atoms with E-state index in [0.29, 0.717) is 11.1 Å². The van der Waals surface area contributed by atoms with E-state index in [1.807, 2.05) is 0 Å². The Morgan fingerprint density at radius 2 is 2.15 bits per heavy atom. The molecule has 0 saturated heterocycles. The Bertz CT molecular complexity index is 376. The highest BCUT2D eigenvalue weighted by Gasteiger charge is 2.03. The maximum absolute atomic E-state index is 10.9. The number of primary amides is 1. The lowest BCUT2D eigenvalue weighted by atomic mass is 10.1. The molecule has 0 aliphatic heterocycles. The normalized spacial score (nSPS) is 8.69. The number of carbonyl (C=O) groups excluding carboxylic acids is 1. The van der Waals surface area contributed by atoms with Crippen LogP contribution >= 0.6 is 11.6 Å². The number of amides is 1. The molecule has 1 aromatic carbocycles. The molecule has 0 aliphatic rings. The molecule has 0 heterocycles. The molecule has 0 spiro atoms. The summed E-state index contributed by atoms with van der Waals surface area (Å²) < 4.78 is 0. The maximum Gasteiger partial charge on any atom is 0.249 e. The molecule has 0 aromatic heterocycles. The van der Waals surface area contributed by atoms with Gasteiger partial charge in [0.15, 0.2) is 0 Å². The molecular formula is C10H8ClNO. The summed E-state index contributed by atoms with van der Waals surface area (Å²) in [7, 11) is 0. The fourth-order valence-corrected chi connectivity index (χ4v) is 1.00. The first-order valence-electron chi connectivity index (χ1n) is 3.69. The van der Waals surface area contributed by atoms with E-state index in [4.69, 9.17) is 17.3 Å². The van der Waals surface area contributed by atoms with Crippen LogP contribution in [0.15, 0.2) is 24.3 Å². The molecule has 2 N–H and O–H groups in total. The van der Waals surface area contributed by atoms with Crippen LogP contribution in [0.2, 0.25) is 0 Å². The summed E-state index contributed by atoms with van der Waals surface area (Å²) in [4.78, 5) is 10.9. The summed E-state index contributed by atoms with van der Waals surface area (Å²) in [6.45, 7) is 0. The van der Waals surface area contributed by atoms with E-state index >= 15 is 0 Å². The molecule has 0 saturated carbocycles. The van der Waals surface area contributed by atoms with Crippen LogP contribution in [-0.4, -0.2) is 11.8 Å². The lowest BCUT2D eigenvalue weighted by molar-refractivity contribution is 0.1000. The van der Waals surface area contributed by atoms with Crippen molar-refractivity contribution in [2.75, 3.05) is 5.88 Å². The van der Waals surface area contributed by atoms with Crippen molar-refractivity contribution in [3.63, 3.8) is 0 Å². The molecule has 2 nitrogen and oxygen atoms in total. The van der Waals surface area contributed by atoms with Gasteiger partial charge in [-0.15, -0.1) is 11.6 Å². The first kappa shape index (κ1) is 9.63. The predicted molar refractivity (Wildman–Crippen MR) is 52.6 cm³/mol. The minimum absolute atomic E-state index is 0.243. The van der Waals surface area contributed by atoms with Gasteiger partial charge in [0, 0.05) is 5.56 Å². The first-order valence-corrected chi connectivity index (χ1v) is 4.23. The van der Waals surface area contributed by atoms with Crippen molar-refractivity contribution in [1.82, 2.24) is 0 Å². The van der Waals surface area contributed by atoms with Crippen LogP contribution in [0.25, 0.3) is 0 Å². The molecule has 1 rings (SSSR count). The van der Waals surface area contributed by atoms with Crippen molar-refractivity contribution in [1.29, 1.82) is 0 Å². The Morgan fingerprint density at radius 1 is 1.46 bits per heavy atom. The van der Waals surface area contributed by atoms with Crippen molar-refractivity contribution >= 4 is 17.5 Å². The van der Waals surface area contributed by atoms with Gasteiger partial charge in [0.2, 0.25) is 5.91 Å². The van der Waals surface area contributed by atoms with Crippen LogP contribution in [0.4, 0.5) is 0 Å². The van der Waals surface area contributed by atoms with Gasteiger partial charge < -0.3 is 5.73 Å². The molecule has 1 amide bonds. The van der Waals surface area contributed by atoms with Gasteiger partial charge in [-0.25, -0.2) is 0 Å². The number of alkyl halides is 1. The van der Waals surface area contributed by atoms with Gasteiger partial charge in [0.25, 0.3) is 0 Å². The summed E-state index contributed by atoms with van der Waals surface area (Å²) in [6, 6.07) is 6.91. The Morgan fingerprint density at radius 3 is 2.77 bits per heavy atom. The Labute approximate surface area is 81.7 Å². The van der Waals surface area contributed by atoms with E-state index in [1.54, 1.807) is 24.3 Å². The molecule has 0 bridgehead atoms. The van der Waals surface area contributed by atoms with Gasteiger partial charge in [-0.05, 0) is 12.1 Å². The largest absolute Gasteiger partial charge is 0.366 e. The number of halogens is 1. The predicted octanol–water partition coefficient (Wildman–Crippen LogP) is 1.38. The molecule has 3 heteroatoms. The second-order valence-corrected chi connectivity index (χ2v) is 2.61. The van der Waals surface area contributed by atoms with E-state index in [-0.39, 0.29) is 5.88 Å². The van der Waals surface area contributed by atoms with Crippen LogP contribution < -0.4 is 5.73 Å². The third-order valence-corrected chi connectivity index (χ3v) is 1.62. The van der Waals surface area contributed by atoms with E-state index in [0.717, 1.165) is 0 Å². The van der Waals surface area contributed by atoms with Crippen LogP contribution in [0, 0.1) is 11.8 Å². The van der Waals surface area contributed by atoms with Gasteiger partial charge in [0.1, 0.15) is 0 Å². The Balaban J connectivity index is 3.12. The molecule has 13 heavy (non-hydrogen) atoms. The molecule has 66 valence electrons. The highest BCUT2D eigenvalue weighted by molar-refractivity contribution is 6.19. The summed E-state index contributed by atoms with van der Waals surface area (Å²) in [6.07, 6.45) is 0. The van der Waals surface area contributed by atoms with Crippen LogP contribution in [0.5, 0.6) is 0 Å². The number of hydrogen-bond acceptors (Lipinski definition) is 1. The van der Waals surface area contributed by atoms with Crippen molar-refractivity contribution in [2.24, 2.45) is 5.73 Å². The number of benzene rings is 1. The van der Waals surface area contributed by atoms with Crippen LogP contribution in [-0.2, 0) is 0 Å². The third kappa shape index (κ3) is 2.50. The van der Waals surface area contributed by atoms with Gasteiger partial charge in [-0.1, -0.05) is 24.0 Å². The van der Waals surface area contributed by atoms with Crippen LogP contribution in [0.3, 0.4) is 0 Å². The monoisotopic (exact) mass is 193 g/mol. The average Bonchev–Trinajstić information content (AvgIpc) is 2.15. The van der Waals surface area contributed by atoms with Gasteiger partial charge >= 0.3 is 0 Å². The fourth-order valence-electron chi connectivity index (χ4n) is 0.936. The Kier molecular flexibility index (Phi) is 3.36. The molecule has 0 radical (unpaired) electrons. The zero-order chi connectivity index (χ0) is 9.68. The van der Waals surface area contributed by atoms with Gasteiger partial charge in [0.05, 0.1) is 11.4 Å². The lowest BCUT2D eigenvalue weighted by Gasteiger charge is -1.97. The lowest BCUT2D eigenvalue weighted by Crippen LogP contribution is -2.12. The Hall–Kier alpha value is -1.46. The summed E-state index contributed by atoms with van der Waals surface area (Å²) in [5.41, 5.74) is 6.20. The SMILES string of the molecule is NC(=O)c1ccccc1C#CCCl. The number of carbonyl (C=O) groups is 1. The molecule has 0 aliphatic carbocycles. The van der Waals surface area contributed by atoms with Crippen molar-refractivity contribution in [3.8, 4) is 11.8 Å². The second-order valence-electron chi connectivity index (χ2n) is 2.35. The number of hydrogen-bond donors (Lipinski definition) is 1. The highest BCUT2D eigenvalue weighted by atomic mass is 35.5.